The molecule has 0 aliphatic heterocycles. The summed E-state index contributed by atoms with van der Waals surface area (Å²) in [5, 5.41) is 9.00. The predicted octanol–water partition coefficient (Wildman–Crippen LogP) is 1.51. The quantitative estimate of drug-likeness (QED) is 0.840. The van der Waals surface area contributed by atoms with E-state index in [1.807, 2.05) is 13.0 Å². The van der Waals surface area contributed by atoms with Crippen LogP contribution in [0.5, 0.6) is 11.6 Å². The first-order chi connectivity index (χ1) is 9.15. The first kappa shape index (κ1) is 12.6. The zero-order valence-corrected chi connectivity index (χ0v) is 10.3. The maximum absolute atomic E-state index is 11.9. The Hall–Kier alpha value is -2.81. The van der Waals surface area contributed by atoms with Gasteiger partial charge in [0.2, 0.25) is 0 Å². The number of nitrogens with two attached hydrogens (primary N) is 1. The van der Waals surface area contributed by atoms with Gasteiger partial charge in [-0.15, -0.1) is 0 Å². The molecule has 1 aromatic heterocycles. The van der Waals surface area contributed by atoms with E-state index in [-0.39, 0.29) is 22.8 Å². The van der Waals surface area contributed by atoms with E-state index in [2.05, 4.69) is 4.98 Å². The number of benzene rings is 1. The number of aromatic nitrogens is 2. The summed E-state index contributed by atoms with van der Waals surface area (Å²) in [6.45, 7) is 2.36. The summed E-state index contributed by atoms with van der Waals surface area (Å²) in [6.07, 6.45) is 3.05. The smallest absolute Gasteiger partial charge is 0.313 e. The van der Waals surface area contributed by atoms with Crippen molar-refractivity contribution in [2.45, 2.75) is 13.5 Å². The van der Waals surface area contributed by atoms with Gasteiger partial charge in [-0.05, 0) is 25.1 Å². The van der Waals surface area contributed by atoms with Crippen LogP contribution in [0, 0.1) is 11.3 Å². The van der Waals surface area contributed by atoms with Gasteiger partial charge in [0.25, 0.3) is 5.88 Å². The molecule has 1 aromatic carbocycles. The first-order valence-electron chi connectivity index (χ1n) is 5.68. The third kappa shape index (κ3) is 2.55. The minimum Gasteiger partial charge on any atom is -0.433 e. The van der Waals surface area contributed by atoms with E-state index < -0.39 is 0 Å². The van der Waals surface area contributed by atoms with Gasteiger partial charge in [-0.25, -0.2) is 4.98 Å². The van der Waals surface area contributed by atoms with Crippen molar-refractivity contribution in [3.63, 3.8) is 0 Å². The molecule has 96 valence electrons. The van der Waals surface area contributed by atoms with Gasteiger partial charge in [-0.2, -0.15) is 5.26 Å². The number of nitrogens with zero attached hydrogens (tertiary/aromatic N) is 3. The van der Waals surface area contributed by atoms with Crippen LogP contribution >= 0.6 is 0 Å². The molecule has 0 fully saturated rings. The van der Waals surface area contributed by atoms with E-state index in [9.17, 15) is 4.79 Å². The van der Waals surface area contributed by atoms with Crippen molar-refractivity contribution in [3.8, 4) is 17.7 Å². The lowest BCUT2D eigenvalue weighted by Gasteiger charge is -2.08. The number of nitriles is 1. The average molecular weight is 256 g/mol. The van der Waals surface area contributed by atoms with Crippen LogP contribution in [-0.2, 0) is 6.54 Å². The molecule has 2 aromatic rings. The van der Waals surface area contributed by atoms with E-state index in [0.29, 0.717) is 12.2 Å². The molecule has 0 aliphatic carbocycles. The molecule has 0 spiro atoms. The number of anilines is 1. The van der Waals surface area contributed by atoms with Crippen molar-refractivity contribution in [1.29, 1.82) is 5.26 Å². The van der Waals surface area contributed by atoms with Crippen LogP contribution in [0.1, 0.15) is 12.5 Å². The molecule has 0 radical (unpaired) electrons. The zero-order chi connectivity index (χ0) is 13.8. The maximum Gasteiger partial charge on any atom is 0.313 e. The van der Waals surface area contributed by atoms with Crippen LogP contribution in [0.25, 0.3) is 0 Å². The van der Waals surface area contributed by atoms with Crippen molar-refractivity contribution in [2.24, 2.45) is 0 Å². The van der Waals surface area contributed by atoms with Crippen LogP contribution in [0.3, 0.4) is 0 Å². The predicted molar refractivity (Wildman–Crippen MR) is 69.8 cm³/mol. The van der Waals surface area contributed by atoms with Crippen LogP contribution in [0.2, 0.25) is 0 Å². The number of rotatable bonds is 3. The molecule has 1 heterocycles. The SMILES string of the molecule is CCn1ccnc(Oc2ccc(N)cc2C#N)c1=O. The highest BCUT2D eigenvalue weighted by atomic mass is 16.5. The molecule has 0 saturated carbocycles. The van der Waals surface area contributed by atoms with Gasteiger partial charge in [-0.1, -0.05) is 0 Å². The summed E-state index contributed by atoms with van der Waals surface area (Å²) < 4.78 is 6.87. The van der Waals surface area contributed by atoms with Gasteiger partial charge in [0, 0.05) is 24.6 Å². The molecular formula is C13H12N4O2. The Labute approximate surface area is 109 Å². The van der Waals surface area contributed by atoms with Crippen molar-refractivity contribution in [1.82, 2.24) is 9.55 Å². The van der Waals surface area contributed by atoms with Gasteiger partial charge in [-0.3, -0.25) is 4.79 Å². The molecule has 0 amide bonds. The minimum atomic E-state index is -0.342. The summed E-state index contributed by atoms with van der Waals surface area (Å²) in [5.41, 5.74) is 5.95. The Balaban J connectivity index is 2.43. The van der Waals surface area contributed by atoms with Crippen LogP contribution in [-0.4, -0.2) is 9.55 Å². The van der Waals surface area contributed by atoms with Crippen molar-refractivity contribution in [2.75, 3.05) is 5.73 Å². The van der Waals surface area contributed by atoms with Gasteiger partial charge in [0.05, 0.1) is 5.56 Å². The third-order valence-corrected chi connectivity index (χ3v) is 2.55. The number of aryl methyl sites for hydroxylation is 1. The molecule has 2 rings (SSSR count). The van der Waals surface area contributed by atoms with Crippen LogP contribution in [0.4, 0.5) is 5.69 Å². The van der Waals surface area contributed by atoms with E-state index in [0.717, 1.165) is 0 Å². The minimum absolute atomic E-state index is 0.0642. The Morgan fingerprint density at radius 2 is 2.32 bits per heavy atom. The second kappa shape index (κ2) is 5.23. The average Bonchev–Trinajstić information content (AvgIpc) is 2.42. The molecule has 2 N–H and O–H groups in total. The second-order valence-electron chi connectivity index (χ2n) is 3.79. The van der Waals surface area contributed by atoms with Crippen molar-refractivity contribution < 1.29 is 4.74 Å². The lowest BCUT2D eigenvalue weighted by Crippen LogP contribution is -2.20. The zero-order valence-electron chi connectivity index (χ0n) is 10.3. The van der Waals surface area contributed by atoms with Crippen molar-refractivity contribution >= 4 is 5.69 Å². The highest BCUT2D eigenvalue weighted by molar-refractivity contribution is 5.53. The summed E-state index contributed by atoms with van der Waals surface area (Å²) in [4.78, 5) is 15.8. The monoisotopic (exact) mass is 256 g/mol. The fourth-order valence-corrected chi connectivity index (χ4v) is 1.57. The van der Waals surface area contributed by atoms with Crippen LogP contribution < -0.4 is 16.0 Å². The Morgan fingerprint density at radius 1 is 1.53 bits per heavy atom. The third-order valence-electron chi connectivity index (χ3n) is 2.55. The Morgan fingerprint density at radius 3 is 3.00 bits per heavy atom. The largest absolute Gasteiger partial charge is 0.433 e. The molecule has 0 unspecified atom stereocenters. The fraction of sp³-hybridized carbons (Fsp3) is 0.154. The standard InChI is InChI=1S/C13H12N4O2/c1-2-17-6-5-16-12(13(17)18)19-11-4-3-10(15)7-9(11)8-14/h3-7H,2,15H2,1H3. The van der Waals surface area contributed by atoms with Crippen LogP contribution in [0.15, 0.2) is 35.4 Å². The van der Waals surface area contributed by atoms with E-state index in [4.69, 9.17) is 15.7 Å². The number of hydrogen-bond donors (Lipinski definition) is 1. The summed E-state index contributed by atoms with van der Waals surface area (Å²) in [5.74, 6) is 0.195. The Kier molecular flexibility index (Phi) is 3.48. The highest BCUT2D eigenvalue weighted by Gasteiger charge is 2.10. The topological polar surface area (TPSA) is 93.9 Å². The Bertz CT molecular complexity index is 701. The molecular weight excluding hydrogens is 244 g/mol. The first-order valence-corrected chi connectivity index (χ1v) is 5.68. The molecule has 0 atom stereocenters. The van der Waals surface area contributed by atoms with Crippen molar-refractivity contribution in [3.05, 3.63) is 46.5 Å². The van der Waals surface area contributed by atoms with E-state index in [1.54, 1.807) is 12.3 Å². The molecule has 0 bridgehead atoms. The summed E-state index contributed by atoms with van der Waals surface area (Å²) in [7, 11) is 0. The molecule has 0 aliphatic rings. The van der Waals surface area contributed by atoms with Gasteiger partial charge >= 0.3 is 5.56 Å². The maximum atomic E-state index is 11.9. The second-order valence-corrected chi connectivity index (χ2v) is 3.79. The number of nitrogen functional groups attached to an aromatic ring is 1. The lowest BCUT2D eigenvalue weighted by molar-refractivity contribution is 0.444. The number of hydrogen-bond acceptors (Lipinski definition) is 5. The molecule has 6 nitrogen and oxygen atoms in total. The molecule has 6 heteroatoms. The normalized spacial score (nSPS) is 9.89. The molecule has 19 heavy (non-hydrogen) atoms. The molecule has 0 saturated heterocycles. The van der Waals surface area contributed by atoms with Gasteiger partial charge < -0.3 is 15.0 Å². The van der Waals surface area contributed by atoms with E-state index >= 15 is 0 Å². The van der Waals surface area contributed by atoms with E-state index in [1.165, 1.54) is 22.9 Å². The summed E-state index contributed by atoms with van der Waals surface area (Å²) >= 11 is 0. The highest BCUT2D eigenvalue weighted by Crippen LogP contribution is 2.23. The summed E-state index contributed by atoms with van der Waals surface area (Å²) in [6, 6.07) is 6.58. The number of ether oxygens (including phenoxy) is 1. The lowest BCUT2D eigenvalue weighted by atomic mass is 10.2. The fourth-order valence-electron chi connectivity index (χ4n) is 1.57. The van der Waals surface area contributed by atoms with Gasteiger partial charge in [0.1, 0.15) is 11.8 Å². The van der Waals surface area contributed by atoms with Gasteiger partial charge in [0.15, 0.2) is 0 Å².